The van der Waals surface area contributed by atoms with Gasteiger partial charge >= 0.3 is 0 Å². The number of ether oxygens (including phenoxy) is 1. The smallest absolute Gasteiger partial charge is 0.264 e. The highest BCUT2D eigenvalue weighted by molar-refractivity contribution is 9.10. The van der Waals surface area contributed by atoms with Crippen molar-refractivity contribution in [3.8, 4) is 5.75 Å². The first-order valence-corrected chi connectivity index (χ1v) is 15.9. The first-order chi connectivity index (χ1) is 20.6. The number of hydrogen-bond acceptors (Lipinski definition) is 5. The maximum absolute atomic E-state index is 14.3. The highest BCUT2D eigenvalue weighted by Crippen LogP contribution is 2.31. The van der Waals surface area contributed by atoms with E-state index in [1.807, 2.05) is 67.6 Å². The van der Waals surface area contributed by atoms with Gasteiger partial charge < -0.3 is 15.0 Å². The molecule has 0 fully saturated rings. The lowest BCUT2D eigenvalue weighted by molar-refractivity contribution is -0.139. The molecule has 0 heterocycles. The van der Waals surface area contributed by atoms with E-state index in [1.165, 1.54) is 31.2 Å². The zero-order valence-electron chi connectivity index (χ0n) is 24.2. The van der Waals surface area contributed by atoms with E-state index in [9.17, 15) is 18.0 Å². The average Bonchev–Trinajstić information content (AvgIpc) is 3.02. The molecule has 4 rings (SSSR count). The number of carbonyl (C=O) groups excluding carboxylic acids is 2. The van der Waals surface area contributed by atoms with Crippen LogP contribution in [0.1, 0.15) is 16.7 Å². The zero-order chi connectivity index (χ0) is 31.0. The second kappa shape index (κ2) is 14.3. The molecule has 0 aliphatic rings. The third-order valence-electron chi connectivity index (χ3n) is 7.03. The van der Waals surface area contributed by atoms with Gasteiger partial charge in [0.1, 0.15) is 18.3 Å². The number of likely N-dealkylation sites (N-methyl/N-ethyl adjacent to an activating group) is 1. The largest absolute Gasteiger partial charge is 0.496 e. The Hall–Kier alpha value is -4.15. The molecule has 0 saturated carbocycles. The van der Waals surface area contributed by atoms with Crippen LogP contribution in [-0.4, -0.2) is 51.9 Å². The Labute approximate surface area is 261 Å². The third kappa shape index (κ3) is 7.82. The van der Waals surface area contributed by atoms with E-state index < -0.39 is 28.5 Å². The molecule has 0 aliphatic carbocycles. The molecule has 0 spiro atoms. The fourth-order valence-electron chi connectivity index (χ4n) is 4.68. The Morgan fingerprint density at radius 2 is 1.49 bits per heavy atom. The van der Waals surface area contributed by atoms with Crippen LogP contribution in [0.15, 0.2) is 112 Å². The number of nitrogens with one attached hydrogen (secondary N) is 1. The van der Waals surface area contributed by atoms with Gasteiger partial charge in [0.05, 0.1) is 22.2 Å². The molecule has 10 heteroatoms. The number of halogens is 1. The number of methoxy groups -OCH3 is 1. The topological polar surface area (TPSA) is 96.0 Å². The van der Waals surface area contributed by atoms with Crippen LogP contribution in [0.3, 0.4) is 0 Å². The van der Waals surface area contributed by atoms with Crippen LogP contribution in [0, 0.1) is 6.92 Å². The lowest BCUT2D eigenvalue weighted by atomic mass is 10.0. The van der Waals surface area contributed by atoms with Gasteiger partial charge in [-0.05, 0) is 64.3 Å². The fourth-order valence-corrected chi connectivity index (χ4v) is 6.81. The van der Waals surface area contributed by atoms with Gasteiger partial charge in [0.25, 0.3) is 10.0 Å². The van der Waals surface area contributed by atoms with Crippen LogP contribution in [0.2, 0.25) is 0 Å². The van der Waals surface area contributed by atoms with Crippen molar-refractivity contribution in [2.45, 2.75) is 30.8 Å². The zero-order valence-corrected chi connectivity index (χ0v) is 26.6. The lowest BCUT2D eigenvalue weighted by Gasteiger charge is -2.33. The van der Waals surface area contributed by atoms with Crippen molar-refractivity contribution in [3.63, 3.8) is 0 Å². The summed E-state index contributed by atoms with van der Waals surface area (Å²) in [7, 11) is -1.21. The first-order valence-electron chi connectivity index (χ1n) is 13.7. The summed E-state index contributed by atoms with van der Waals surface area (Å²) in [5.74, 6) is -0.401. The number of carbonyl (C=O) groups is 2. The summed E-state index contributed by atoms with van der Waals surface area (Å²) in [5.41, 5.74) is 2.94. The highest BCUT2D eigenvalue weighted by atomic mass is 79.9. The van der Waals surface area contributed by atoms with Gasteiger partial charge in [-0.3, -0.25) is 13.9 Å². The van der Waals surface area contributed by atoms with Gasteiger partial charge in [0.2, 0.25) is 11.8 Å². The molecule has 0 bridgehead atoms. The number of hydrogen-bond donors (Lipinski definition) is 1. The molecule has 1 unspecified atom stereocenters. The van der Waals surface area contributed by atoms with Crippen LogP contribution < -0.4 is 14.4 Å². The summed E-state index contributed by atoms with van der Waals surface area (Å²) in [6.45, 7) is 1.48. The third-order valence-corrected chi connectivity index (χ3v) is 9.41. The molecule has 0 radical (unpaired) electrons. The molecule has 0 aliphatic heterocycles. The molecule has 8 nitrogen and oxygen atoms in total. The van der Waals surface area contributed by atoms with E-state index in [2.05, 4.69) is 21.2 Å². The Kier molecular flexibility index (Phi) is 10.6. The number of sulfonamides is 1. The van der Waals surface area contributed by atoms with Crippen molar-refractivity contribution in [1.82, 2.24) is 10.2 Å². The Bertz CT molecular complexity index is 1650. The van der Waals surface area contributed by atoms with Gasteiger partial charge in [-0.15, -0.1) is 0 Å². The normalized spacial score (nSPS) is 11.8. The molecule has 4 aromatic carbocycles. The van der Waals surface area contributed by atoms with E-state index in [-0.39, 0.29) is 23.8 Å². The van der Waals surface area contributed by atoms with Crippen LogP contribution in [0.25, 0.3) is 0 Å². The number of nitrogens with zero attached hydrogens (tertiary/aromatic N) is 2. The molecule has 0 aromatic heterocycles. The Morgan fingerprint density at radius 1 is 0.884 bits per heavy atom. The molecule has 2 amide bonds. The average molecular weight is 665 g/mol. The molecule has 4 aromatic rings. The van der Waals surface area contributed by atoms with Crippen LogP contribution in [0.5, 0.6) is 5.75 Å². The molecule has 43 heavy (non-hydrogen) atoms. The number of anilines is 1. The Morgan fingerprint density at radius 3 is 2.05 bits per heavy atom. The number of rotatable bonds is 12. The monoisotopic (exact) mass is 663 g/mol. The number of amides is 2. The lowest BCUT2D eigenvalue weighted by Crippen LogP contribution is -2.53. The summed E-state index contributed by atoms with van der Waals surface area (Å²) in [6.07, 6.45) is 0.252. The van der Waals surface area contributed by atoms with Crippen molar-refractivity contribution < 1.29 is 22.7 Å². The van der Waals surface area contributed by atoms with Crippen LogP contribution in [-0.2, 0) is 32.6 Å². The van der Waals surface area contributed by atoms with Crippen molar-refractivity contribution in [3.05, 3.63) is 124 Å². The van der Waals surface area contributed by atoms with E-state index in [1.54, 1.807) is 30.3 Å². The fraction of sp³-hybridized carbons (Fsp3) is 0.212. The quantitative estimate of drug-likeness (QED) is 0.221. The Balaban J connectivity index is 1.78. The van der Waals surface area contributed by atoms with E-state index in [0.29, 0.717) is 15.9 Å². The number of benzene rings is 4. The predicted molar refractivity (Wildman–Crippen MR) is 171 cm³/mol. The summed E-state index contributed by atoms with van der Waals surface area (Å²) in [6, 6.07) is 29.2. The molecule has 1 N–H and O–H groups in total. The molecular weight excluding hydrogens is 630 g/mol. The van der Waals surface area contributed by atoms with Crippen molar-refractivity contribution >= 4 is 43.5 Å². The van der Waals surface area contributed by atoms with Crippen LogP contribution in [0.4, 0.5) is 5.69 Å². The van der Waals surface area contributed by atoms with Gasteiger partial charge in [-0.25, -0.2) is 8.42 Å². The van der Waals surface area contributed by atoms with Gasteiger partial charge in [-0.2, -0.15) is 0 Å². The molecular formula is C33H34BrN3O5S. The minimum atomic E-state index is -4.23. The summed E-state index contributed by atoms with van der Waals surface area (Å²) in [4.78, 5) is 29.1. The molecule has 0 saturated heterocycles. The minimum absolute atomic E-state index is 0.0182. The predicted octanol–water partition coefficient (Wildman–Crippen LogP) is 5.35. The second-order valence-electron chi connectivity index (χ2n) is 9.97. The highest BCUT2D eigenvalue weighted by Gasteiger charge is 2.34. The van der Waals surface area contributed by atoms with Crippen molar-refractivity contribution in [1.29, 1.82) is 0 Å². The summed E-state index contributed by atoms with van der Waals surface area (Å²) < 4.78 is 35.1. The van der Waals surface area contributed by atoms with E-state index in [0.717, 1.165) is 21.0 Å². The van der Waals surface area contributed by atoms with E-state index in [4.69, 9.17) is 4.74 Å². The summed E-state index contributed by atoms with van der Waals surface area (Å²) >= 11 is 3.37. The maximum Gasteiger partial charge on any atom is 0.264 e. The van der Waals surface area contributed by atoms with Crippen molar-refractivity contribution in [2.24, 2.45) is 0 Å². The van der Waals surface area contributed by atoms with Gasteiger partial charge in [-0.1, -0.05) is 78.4 Å². The first kappa shape index (κ1) is 31.8. The van der Waals surface area contributed by atoms with Gasteiger partial charge in [0.15, 0.2) is 0 Å². The summed E-state index contributed by atoms with van der Waals surface area (Å²) in [5, 5.41) is 2.69. The maximum atomic E-state index is 14.3. The van der Waals surface area contributed by atoms with E-state index >= 15 is 0 Å². The molecule has 224 valence electrons. The number of aryl methyl sites for hydroxylation is 1. The van der Waals surface area contributed by atoms with Crippen molar-refractivity contribution in [2.75, 3.05) is 25.0 Å². The molecule has 1 atom stereocenters. The minimum Gasteiger partial charge on any atom is -0.496 e. The standard InChI is InChI=1S/C33H34BrN3O5S/c1-24-14-16-27(17-15-24)37(43(40,41)28-18-19-31(42-3)29(34)21-28)23-32(38)36(22-26-12-8-5-9-13-26)30(33(39)35-2)20-25-10-6-4-7-11-25/h4-19,21,30H,20,22-23H2,1-3H3,(H,35,39). The second-order valence-corrected chi connectivity index (χ2v) is 12.7. The van der Waals surface area contributed by atoms with Gasteiger partial charge in [0, 0.05) is 20.0 Å². The SMILES string of the molecule is CNC(=O)C(Cc1ccccc1)N(Cc1ccccc1)C(=O)CN(c1ccc(C)cc1)S(=O)(=O)c1ccc(OC)c(Br)c1. The van der Waals surface area contributed by atoms with Crippen LogP contribution >= 0.6 is 15.9 Å².